The highest BCUT2D eigenvalue weighted by Crippen LogP contribution is 2.40. The lowest BCUT2D eigenvalue weighted by atomic mass is 9.91. The standard InChI is InChI=1S/C26H30ClF3N4O3/c1-25(2,3)37-24(36)34-10-8-33(9-11-34)22-7-5-18(13-20(22)26(28,29)30)32-23-16(15-35)14-31-21-6-4-17(27)12-19(21)23/h4-5,7,12-14,21,32,35H,6,8-11,15H2,1-3H3. The lowest BCUT2D eigenvalue weighted by molar-refractivity contribution is -0.137. The molecular formula is C26H30ClF3N4O3. The Hall–Kier alpha value is -2.98. The van der Waals surface area contributed by atoms with Gasteiger partial charge in [0.1, 0.15) is 5.60 Å². The summed E-state index contributed by atoms with van der Waals surface area (Å²) in [6.45, 7) is 5.95. The van der Waals surface area contributed by atoms with E-state index in [9.17, 15) is 23.1 Å². The summed E-state index contributed by atoms with van der Waals surface area (Å²) in [5, 5.41) is 13.4. The van der Waals surface area contributed by atoms with Crippen LogP contribution in [-0.4, -0.2) is 66.7 Å². The number of hydrogen-bond donors (Lipinski definition) is 2. The maximum atomic E-state index is 14.2. The van der Waals surface area contributed by atoms with Gasteiger partial charge in [-0.1, -0.05) is 17.7 Å². The van der Waals surface area contributed by atoms with Crippen LogP contribution in [0.3, 0.4) is 0 Å². The predicted octanol–water partition coefficient (Wildman–Crippen LogP) is 5.33. The summed E-state index contributed by atoms with van der Waals surface area (Å²) in [5.41, 5.74) is 0.520. The van der Waals surface area contributed by atoms with Gasteiger partial charge in [-0.25, -0.2) is 4.79 Å². The minimum Gasteiger partial charge on any atom is -0.444 e. The molecule has 0 saturated carbocycles. The monoisotopic (exact) mass is 538 g/mol. The number of halogens is 4. The first-order valence-corrected chi connectivity index (χ1v) is 12.4. The molecule has 0 radical (unpaired) electrons. The molecule has 1 saturated heterocycles. The van der Waals surface area contributed by atoms with Crippen molar-refractivity contribution in [3.63, 3.8) is 0 Å². The van der Waals surface area contributed by atoms with Crippen molar-refractivity contribution in [2.75, 3.05) is 43.0 Å². The van der Waals surface area contributed by atoms with E-state index >= 15 is 0 Å². The maximum absolute atomic E-state index is 14.2. The van der Waals surface area contributed by atoms with Crippen molar-refractivity contribution in [1.29, 1.82) is 0 Å². The molecule has 0 bridgehead atoms. The number of carbonyl (C=O) groups is 1. The van der Waals surface area contributed by atoms with Gasteiger partial charge in [-0.15, -0.1) is 0 Å². The Morgan fingerprint density at radius 2 is 1.92 bits per heavy atom. The summed E-state index contributed by atoms with van der Waals surface area (Å²) in [5.74, 6) is 0. The third-order valence-electron chi connectivity index (χ3n) is 6.22. The van der Waals surface area contributed by atoms with E-state index in [4.69, 9.17) is 16.3 Å². The molecule has 1 amide bonds. The number of rotatable bonds is 4. The van der Waals surface area contributed by atoms with Crippen molar-refractivity contribution < 1.29 is 27.8 Å². The van der Waals surface area contributed by atoms with Gasteiger partial charge in [0.2, 0.25) is 0 Å². The lowest BCUT2D eigenvalue weighted by Gasteiger charge is -2.37. The second-order valence-electron chi connectivity index (χ2n) is 10.1. The summed E-state index contributed by atoms with van der Waals surface area (Å²) < 4.78 is 47.9. The van der Waals surface area contributed by atoms with Crippen molar-refractivity contribution in [2.24, 2.45) is 4.99 Å². The van der Waals surface area contributed by atoms with Crippen LogP contribution in [0.4, 0.5) is 29.3 Å². The highest BCUT2D eigenvalue weighted by Gasteiger charge is 2.37. The second kappa shape index (κ2) is 10.4. The first-order valence-electron chi connectivity index (χ1n) is 12.0. The molecule has 7 nitrogen and oxygen atoms in total. The number of nitrogens with zero attached hydrogens (tertiary/aromatic N) is 3. The lowest BCUT2D eigenvalue weighted by Crippen LogP contribution is -2.50. The summed E-state index contributed by atoms with van der Waals surface area (Å²) in [6.07, 6.45) is 0.572. The van der Waals surface area contributed by atoms with Crippen molar-refractivity contribution in [2.45, 2.75) is 45.0 Å². The Labute approximate surface area is 218 Å². The Balaban J connectivity index is 1.57. The number of fused-ring (bicyclic) bond motifs is 1. The third-order valence-corrected chi connectivity index (χ3v) is 6.49. The molecule has 1 aromatic carbocycles. The highest BCUT2D eigenvalue weighted by atomic mass is 35.5. The number of anilines is 2. The SMILES string of the molecule is CC(C)(C)OC(=O)N1CCN(c2ccc(NC3=C(CO)C=NC4CC=C(Cl)C=C34)cc2C(F)(F)F)CC1. The number of hydrogen-bond acceptors (Lipinski definition) is 6. The molecule has 37 heavy (non-hydrogen) atoms. The van der Waals surface area contributed by atoms with E-state index in [-0.39, 0.29) is 50.2 Å². The van der Waals surface area contributed by atoms with E-state index in [2.05, 4.69) is 10.3 Å². The molecule has 2 N–H and O–H groups in total. The molecule has 3 aliphatic rings. The van der Waals surface area contributed by atoms with Crippen molar-refractivity contribution in [3.8, 4) is 0 Å². The molecule has 2 heterocycles. The highest BCUT2D eigenvalue weighted by molar-refractivity contribution is 6.31. The topological polar surface area (TPSA) is 77.4 Å². The van der Waals surface area contributed by atoms with E-state index in [1.165, 1.54) is 11.0 Å². The number of aliphatic hydroxyl groups excluding tert-OH is 1. The number of ether oxygens (including phenoxy) is 1. The first kappa shape index (κ1) is 27.1. The molecule has 0 spiro atoms. The quantitative estimate of drug-likeness (QED) is 0.542. The van der Waals surface area contributed by atoms with Crippen LogP contribution in [0.1, 0.15) is 32.8 Å². The average molecular weight is 539 g/mol. The van der Waals surface area contributed by atoms with Crippen LogP contribution in [-0.2, 0) is 10.9 Å². The second-order valence-corrected chi connectivity index (χ2v) is 10.5. The smallest absolute Gasteiger partial charge is 0.418 e. The van der Waals surface area contributed by atoms with Crippen LogP contribution in [0, 0.1) is 0 Å². The fourth-order valence-electron chi connectivity index (χ4n) is 4.45. The zero-order valence-electron chi connectivity index (χ0n) is 20.9. The number of allylic oxidation sites excluding steroid dienone is 2. The van der Waals surface area contributed by atoms with Crippen LogP contribution >= 0.6 is 11.6 Å². The average Bonchev–Trinajstić information content (AvgIpc) is 2.83. The largest absolute Gasteiger partial charge is 0.444 e. The van der Waals surface area contributed by atoms with E-state index in [0.29, 0.717) is 22.7 Å². The molecule has 0 aromatic heterocycles. The van der Waals surface area contributed by atoms with Gasteiger partial charge in [-0.3, -0.25) is 4.99 Å². The van der Waals surface area contributed by atoms with Gasteiger partial charge in [0.25, 0.3) is 0 Å². The molecule has 1 unspecified atom stereocenters. The molecule has 1 fully saturated rings. The van der Waals surface area contributed by atoms with Crippen LogP contribution in [0.5, 0.6) is 0 Å². The molecule has 11 heteroatoms. The number of piperazine rings is 1. The van der Waals surface area contributed by atoms with Gasteiger partial charge in [0.15, 0.2) is 0 Å². The molecule has 1 aliphatic carbocycles. The van der Waals surface area contributed by atoms with Crippen LogP contribution in [0.25, 0.3) is 0 Å². The number of carbonyl (C=O) groups excluding carboxylic acids is 1. The number of amides is 1. The molecule has 4 rings (SSSR count). The number of aliphatic imine (C=N–C) groups is 1. The number of dihydropyridines is 1. The minimum absolute atomic E-state index is 0.0455. The molecule has 2 aliphatic heterocycles. The number of benzene rings is 1. The zero-order chi connectivity index (χ0) is 27.0. The number of aliphatic hydroxyl groups is 1. The summed E-state index contributed by atoms with van der Waals surface area (Å²) in [4.78, 5) is 19.9. The molecular weight excluding hydrogens is 509 g/mol. The van der Waals surface area contributed by atoms with E-state index in [0.717, 1.165) is 11.6 Å². The van der Waals surface area contributed by atoms with Gasteiger partial charge in [0, 0.05) is 59.9 Å². The van der Waals surface area contributed by atoms with Gasteiger partial charge in [-0.05, 0) is 51.5 Å². The number of nitrogens with one attached hydrogen (secondary N) is 1. The third kappa shape index (κ3) is 6.30. The minimum atomic E-state index is -4.60. The fraction of sp³-hybridized carbons (Fsp3) is 0.462. The Morgan fingerprint density at radius 1 is 1.22 bits per heavy atom. The molecule has 1 atom stereocenters. The Morgan fingerprint density at radius 3 is 2.54 bits per heavy atom. The summed E-state index contributed by atoms with van der Waals surface area (Å²) in [6, 6.07) is 3.86. The van der Waals surface area contributed by atoms with E-state index in [1.54, 1.807) is 44.0 Å². The normalized spacial score (nSPS) is 20.4. The van der Waals surface area contributed by atoms with Crippen LogP contribution in [0.15, 0.2) is 57.2 Å². The Kier molecular flexibility index (Phi) is 7.62. The number of alkyl halides is 3. The van der Waals surface area contributed by atoms with Gasteiger partial charge >= 0.3 is 12.3 Å². The maximum Gasteiger partial charge on any atom is 0.418 e. The zero-order valence-corrected chi connectivity index (χ0v) is 21.7. The predicted molar refractivity (Wildman–Crippen MR) is 138 cm³/mol. The van der Waals surface area contributed by atoms with Crippen LogP contribution < -0.4 is 10.2 Å². The van der Waals surface area contributed by atoms with E-state index < -0.39 is 23.4 Å². The molecule has 1 aromatic rings. The van der Waals surface area contributed by atoms with Crippen molar-refractivity contribution in [3.05, 3.63) is 57.8 Å². The first-order chi connectivity index (χ1) is 17.4. The van der Waals surface area contributed by atoms with E-state index in [1.807, 2.05) is 6.08 Å². The Bertz CT molecular complexity index is 1180. The van der Waals surface area contributed by atoms with Gasteiger partial charge in [0.05, 0.1) is 23.9 Å². The van der Waals surface area contributed by atoms with Gasteiger partial charge < -0.3 is 25.0 Å². The fourth-order valence-corrected chi connectivity index (χ4v) is 4.66. The van der Waals surface area contributed by atoms with Crippen LogP contribution in [0.2, 0.25) is 0 Å². The van der Waals surface area contributed by atoms with Gasteiger partial charge in [-0.2, -0.15) is 13.2 Å². The van der Waals surface area contributed by atoms with Crippen molar-refractivity contribution >= 4 is 35.3 Å². The summed E-state index contributed by atoms with van der Waals surface area (Å²) in [7, 11) is 0. The molecule has 200 valence electrons. The summed E-state index contributed by atoms with van der Waals surface area (Å²) >= 11 is 6.18. The van der Waals surface area contributed by atoms with Crippen molar-refractivity contribution in [1.82, 2.24) is 4.90 Å².